The molecule has 31 heavy (non-hydrogen) atoms. The summed E-state index contributed by atoms with van der Waals surface area (Å²) in [6.07, 6.45) is 0.243. The Hall–Kier alpha value is -3.93. The van der Waals surface area contributed by atoms with Crippen LogP contribution < -0.4 is 10.6 Å². The number of amides is 2. The van der Waals surface area contributed by atoms with E-state index in [-0.39, 0.29) is 18.2 Å². The van der Waals surface area contributed by atoms with Crippen molar-refractivity contribution >= 4 is 34.2 Å². The molecule has 3 aromatic carbocycles. The number of rotatable bonds is 5. The second-order valence-corrected chi connectivity index (χ2v) is 7.75. The maximum absolute atomic E-state index is 12.6. The van der Waals surface area contributed by atoms with Crippen molar-refractivity contribution < 1.29 is 9.59 Å². The molecule has 0 radical (unpaired) electrons. The third-order valence-electron chi connectivity index (χ3n) is 5.11. The number of carbonyl (C=O) groups is 2. The molecule has 0 saturated heterocycles. The van der Waals surface area contributed by atoms with Crippen LogP contribution in [0.5, 0.6) is 0 Å². The summed E-state index contributed by atoms with van der Waals surface area (Å²) < 4.78 is 0. The number of H-pyrrole nitrogens is 1. The van der Waals surface area contributed by atoms with Gasteiger partial charge in [-0.3, -0.25) is 9.59 Å². The molecule has 156 valence electrons. The molecule has 0 aliphatic rings. The standard InChI is InChI=1S/C25H24N4O2/c1-15-4-8-19(9-5-15)25(31)29-22-14-20(10-6-16(22)2)28-24(30)13-18-7-11-21-23(12-18)27-17(3)26-21/h4-12,14H,13H2,1-3H3,(H,26,27)(H,28,30)(H,29,31). The van der Waals surface area contributed by atoms with E-state index in [2.05, 4.69) is 20.6 Å². The van der Waals surface area contributed by atoms with Crippen LogP contribution in [0.1, 0.15) is 32.9 Å². The first-order chi connectivity index (χ1) is 14.9. The van der Waals surface area contributed by atoms with Crippen LogP contribution in [0.15, 0.2) is 60.7 Å². The van der Waals surface area contributed by atoms with Crippen LogP contribution in [-0.4, -0.2) is 21.8 Å². The van der Waals surface area contributed by atoms with Crippen molar-refractivity contribution in [3.63, 3.8) is 0 Å². The Labute approximate surface area is 180 Å². The predicted molar refractivity (Wildman–Crippen MR) is 123 cm³/mol. The number of nitrogens with one attached hydrogen (secondary N) is 3. The van der Waals surface area contributed by atoms with Gasteiger partial charge in [-0.2, -0.15) is 0 Å². The number of anilines is 2. The van der Waals surface area contributed by atoms with Crippen molar-refractivity contribution in [1.29, 1.82) is 0 Å². The van der Waals surface area contributed by atoms with Gasteiger partial charge in [0.05, 0.1) is 17.5 Å². The van der Waals surface area contributed by atoms with Gasteiger partial charge >= 0.3 is 0 Å². The first-order valence-electron chi connectivity index (χ1n) is 10.1. The molecule has 0 aliphatic carbocycles. The fraction of sp³-hybridized carbons (Fsp3) is 0.160. The molecular formula is C25H24N4O2. The maximum Gasteiger partial charge on any atom is 0.255 e. The number of aromatic nitrogens is 2. The third-order valence-corrected chi connectivity index (χ3v) is 5.11. The van der Waals surface area contributed by atoms with Gasteiger partial charge in [0.15, 0.2) is 0 Å². The highest BCUT2D eigenvalue weighted by atomic mass is 16.2. The van der Waals surface area contributed by atoms with E-state index in [1.807, 2.05) is 63.2 Å². The largest absolute Gasteiger partial charge is 0.342 e. The van der Waals surface area contributed by atoms with Crippen molar-refractivity contribution in [1.82, 2.24) is 9.97 Å². The van der Waals surface area contributed by atoms with Gasteiger partial charge in [0, 0.05) is 16.9 Å². The molecule has 3 N–H and O–H groups in total. The van der Waals surface area contributed by atoms with E-state index >= 15 is 0 Å². The van der Waals surface area contributed by atoms with E-state index < -0.39 is 0 Å². The molecular weight excluding hydrogens is 388 g/mol. The zero-order valence-corrected chi connectivity index (χ0v) is 17.7. The summed E-state index contributed by atoms with van der Waals surface area (Å²) in [6, 6.07) is 18.6. The minimum atomic E-state index is -0.185. The lowest BCUT2D eigenvalue weighted by Crippen LogP contribution is -2.16. The molecule has 0 bridgehead atoms. The van der Waals surface area contributed by atoms with Crippen LogP contribution in [0.3, 0.4) is 0 Å². The van der Waals surface area contributed by atoms with Gasteiger partial charge in [0.2, 0.25) is 5.91 Å². The number of aromatic amines is 1. The summed E-state index contributed by atoms with van der Waals surface area (Å²) in [5.74, 6) is 0.529. The number of aryl methyl sites for hydroxylation is 3. The quantitative estimate of drug-likeness (QED) is 0.435. The Morgan fingerprint density at radius 3 is 2.45 bits per heavy atom. The molecule has 0 aliphatic heterocycles. The molecule has 6 heteroatoms. The van der Waals surface area contributed by atoms with Gasteiger partial charge in [-0.05, 0) is 68.3 Å². The normalized spacial score (nSPS) is 10.8. The molecule has 0 spiro atoms. The monoisotopic (exact) mass is 412 g/mol. The SMILES string of the molecule is Cc1ccc(C(=O)Nc2cc(NC(=O)Cc3ccc4nc(C)[nH]c4c3)ccc2C)cc1. The Kier molecular flexibility index (Phi) is 5.54. The summed E-state index contributed by atoms with van der Waals surface area (Å²) in [5.41, 5.74) is 6.59. The van der Waals surface area contributed by atoms with Crippen LogP contribution in [0.25, 0.3) is 11.0 Å². The summed E-state index contributed by atoms with van der Waals surface area (Å²) in [7, 11) is 0. The second-order valence-electron chi connectivity index (χ2n) is 7.75. The first kappa shape index (κ1) is 20.3. The smallest absolute Gasteiger partial charge is 0.255 e. The van der Waals surface area contributed by atoms with Crippen molar-refractivity contribution in [3.8, 4) is 0 Å². The highest BCUT2D eigenvalue weighted by molar-refractivity contribution is 6.05. The van der Waals surface area contributed by atoms with E-state index in [0.29, 0.717) is 16.9 Å². The van der Waals surface area contributed by atoms with Gasteiger partial charge in [0.1, 0.15) is 5.82 Å². The molecule has 0 fully saturated rings. The molecule has 4 rings (SSSR count). The minimum Gasteiger partial charge on any atom is -0.342 e. The zero-order valence-electron chi connectivity index (χ0n) is 17.7. The van der Waals surface area contributed by atoms with Crippen LogP contribution in [0.2, 0.25) is 0 Å². The van der Waals surface area contributed by atoms with Gasteiger partial charge in [-0.15, -0.1) is 0 Å². The Balaban J connectivity index is 1.44. The highest BCUT2D eigenvalue weighted by Gasteiger charge is 2.11. The van der Waals surface area contributed by atoms with E-state index in [9.17, 15) is 9.59 Å². The molecule has 6 nitrogen and oxygen atoms in total. The van der Waals surface area contributed by atoms with E-state index in [1.165, 1.54) is 0 Å². The van der Waals surface area contributed by atoms with Crippen LogP contribution in [0, 0.1) is 20.8 Å². The lowest BCUT2D eigenvalue weighted by molar-refractivity contribution is -0.115. The Bertz CT molecular complexity index is 1270. The average Bonchev–Trinajstić information content (AvgIpc) is 3.10. The van der Waals surface area contributed by atoms with Crippen LogP contribution in [-0.2, 0) is 11.2 Å². The second kappa shape index (κ2) is 8.44. The predicted octanol–water partition coefficient (Wildman–Crippen LogP) is 4.92. The molecule has 2 amide bonds. The van der Waals surface area contributed by atoms with Gasteiger partial charge in [-0.25, -0.2) is 4.98 Å². The van der Waals surface area contributed by atoms with Gasteiger partial charge < -0.3 is 15.6 Å². The Morgan fingerprint density at radius 2 is 1.68 bits per heavy atom. The fourth-order valence-electron chi connectivity index (χ4n) is 3.42. The maximum atomic E-state index is 12.6. The molecule has 0 unspecified atom stereocenters. The minimum absolute atomic E-state index is 0.129. The highest BCUT2D eigenvalue weighted by Crippen LogP contribution is 2.22. The van der Waals surface area contributed by atoms with Gasteiger partial charge in [0.25, 0.3) is 5.91 Å². The third kappa shape index (κ3) is 4.80. The number of carbonyl (C=O) groups excluding carboxylic acids is 2. The molecule has 4 aromatic rings. The van der Waals surface area contributed by atoms with Gasteiger partial charge in [-0.1, -0.05) is 29.8 Å². The zero-order chi connectivity index (χ0) is 22.0. The summed E-state index contributed by atoms with van der Waals surface area (Å²) >= 11 is 0. The van der Waals surface area contributed by atoms with Crippen molar-refractivity contribution in [3.05, 3.63) is 88.7 Å². The molecule has 1 heterocycles. The van der Waals surface area contributed by atoms with Crippen molar-refractivity contribution in [2.75, 3.05) is 10.6 Å². The Morgan fingerprint density at radius 1 is 0.903 bits per heavy atom. The summed E-state index contributed by atoms with van der Waals surface area (Å²) in [4.78, 5) is 32.7. The first-order valence-corrected chi connectivity index (χ1v) is 10.1. The van der Waals surface area contributed by atoms with E-state index in [0.717, 1.165) is 33.5 Å². The fourth-order valence-corrected chi connectivity index (χ4v) is 3.42. The molecule has 0 atom stereocenters. The number of imidazole rings is 1. The summed E-state index contributed by atoms with van der Waals surface area (Å²) in [5, 5.41) is 5.85. The molecule has 1 aromatic heterocycles. The van der Waals surface area contributed by atoms with E-state index in [4.69, 9.17) is 0 Å². The lowest BCUT2D eigenvalue weighted by atomic mass is 10.1. The number of hydrogen-bond acceptors (Lipinski definition) is 3. The number of nitrogens with zero attached hydrogens (tertiary/aromatic N) is 1. The number of hydrogen-bond donors (Lipinski definition) is 3. The van der Waals surface area contributed by atoms with Crippen LogP contribution in [0.4, 0.5) is 11.4 Å². The average molecular weight is 412 g/mol. The van der Waals surface area contributed by atoms with Crippen LogP contribution >= 0.6 is 0 Å². The van der Waals surface area contributed by atoms with Crippen molar-refractivity contribution in [2.24, 2.45) is 0 Å². The van der Waals surface area contributed by atoms with Crippen molar-refractivity contribution in [2.45, 2.75) is 27.2 Å². The number of benzene rings is 3. The number of fused-ring (bicyclic) bond motifs is 1. The van der Waals surface area contributed by atoms with E-state index in [1.54, 1.807) is 18.2 Å². The topological polar surface area (TPSA) is 86.9 Å². The lowest BCUT2D eigenvalue weighted by Gasteiger charge is -2.12. The molecule has 0 saturated carbocycles. The summed E-state index contributed by atoms with van der Waals surface area (Å²) in [6.45, 7) is 5.79.